The van der Waals surface area contributed by atoms with E-state index in [1.165, 1.54) is 0 Å². The number of ether oxygens (including phenoxy) is 1. The van der Waals surface area contributed by atoms with Gasteiger partial charge in [-0.1, -0.05) is 18.2 Å². The van der Waals surface area contributed by atoms with Gasteiger partial charge in [0.2, 0.25) is 5.91 Å². The van der Waals surface area contributed by atoms with Gasteiger partial charge in [0, 0.05) is 17.5 Å². The molecule has 0 aliphatic carbocycles. The lowest BCUT2D eigenvalue weighted by molar-refractivity contribution is -0.121. The van der Waals surface area contributed by atoms with E-state index in [4.69, 9.17) is 4.74 Å². The van der Waals surface area contributed by atoms with E-state index in [0.717, 1.165) is 22.0 Å². The van der Waals surface area contributed by atoms with Crippen molar-refractivity contribution in [2.45, 2.75) is 26.3 Å². The van der Waals surface area contributed by atoms with Gasteiger partial charge in [-0.2, -0.15) is 0 Å². The van der Waals surface area contributed by atoms with E-state index in [-0.39, 0.29) is 5.91 Å². The number of benzene rings is 1. The number of nitrogens with one attached hydrogen (secondary N) is 1. The zero-order chi connectivity index (χ0) is 14.4. The highest BCUT2D eigenvalue weighted by molar-refractivity contribution is 7.09. The van der Waals surface area contributed by atoms with Gasteiger partial charge in [-0.05, 0) is 25.0 Å². The van der Waals surface area contributed by atoms with Crippen LogP contribution in [0.3, 0.4) is 0 Å². The summed E-state index contributed by atoms with van der Waals surface area (Å²) in [6.45, 7) is 2.45. The Morgan fingerprint density at radius 1 is 1.40 bits per heavy atom. The van der Waals surface area contributed by atoms with Crippen molar-refractivity contribution in [1.82, 2.24) is 10.3 Å². The van der Waals surface area contributed by atoms with E-state index in [1.807, 2.05) is 36.6 Å². The van der Waals surface area contributed by atoms with Gasteiger partial charge in [-0.25, -0.2) is 4.98 Å². The van der Waals surface area contributed by atoms with Crippen molar-refractivity contribution < 1.29 is 9.53 Å². The summed E-state index contributed by atoms with van der Waals surface area (Å²) in [6, 6.07) is 7.77. The number of amides is 1. The van der Waals surface area contributed by atoms with Crippen LogP contribution in [-0.4, -0.2) is 18.0 Å². The number of carbonyl (C=O) groups is 1. The number of carbonyl (C=O) groups excluding carboxylic acids is 1. The summed E-state index contributed by atoms with van der Waals surface area (Å²) in [5, 5.41) is 5.81. The van der Waals surface area contributed by atoms with E-state index < -0.39 is 0 Å². The van der Waals surface area contributed by atoms with E-state index >= 15 is 0 Å². The molecule has 0 spiro atoms. The fraction of sp³-hybridized carbons (Fsp3) is 0.333. The molecule has 106 valence electrons. The van der Waals surface area contributed by atoms with Crippen LogP contribution in [-0.2, 0) is 17.8 Å². The second kappa shape index (κ2) is 7.05. The molecule has 0 atom stereocenters. The van der Waals surface area contributed by atoms with Gasteiger partial charge in [0.25, 0.3) is 0 Å². The Morgan fingerprint density at radius 3 is 2.90 bits per heavy atom. The van der Waals surface area contributed by atoms with Crippen LogP contribution in [0.15, 0.2) is 29.6 Å². The molecule has 0 saturated carbocycles. The first-order chi connectivity index (χ1) is 9.69. The fourth-order valence-corrected chi connectivity index (χ4v) is 2.62. The Labute approximate surface area is 122 Å². The highest BCUT2D eigenvalue weighted by Gasteiger charge is 2.07. The Balaban J connectivity index is 1.80. The Bertz CT molecular complexity index is 581. The molecule has 4 nitrogen and oxygen atoms in total. The largest absolute Gasteiger partial charge is 0.496 e. The number of thiazole rings is 1. The number of para-hydroxylation sites is 1. The summed E-state index contributed by atoms with van der Waals surface area (Å²) in [5.74, 6) is 0.861. The van der Waals surface area contributed by atoms with Crippen LogP contribution in [0.25, 0.3) is 0 Å². The van der Waals surface area contributed by atoms with Crippen molar-refractivity contribution in [3.8, 4) is 5.75 Å². The molecule has 1 heterocycles. The molecule has 1 aromatic heterocycles. The topological polar surface area (TPSA) is 51.2 Å². The molecule has 0 bridgehead atoms. The minimum atomic E-state index is 0.0313. The number of aryl methyl sites for hydroxylation is 2. The molecule has 0 aliphatic rings. The molecule has 2 rings (SSSR count). The first kappa shape index (κ1) is 14.5. The second-order valence-electron chi connectivity index (χ2n) is 4.47. The first-order valence-corrected chi connectivity index (χ1v) is 7.36. The van der Waals surface area contributed by atoms with Crippen molar-refractivity contribution in [3.63, 3.8) is 0 Å². The number of aromatic nitrogens is 1. The third kappa shape index (κ3) is 4.06. The normalized spacial score (nSPS) is 10.3. The summed E-state index contributed by atoms with van der Waals surface area (Å²) in [5.41, 5.74) is 2.04. The third-order valence-electron chi connectivity index (χ3n) is 2.92. The van der Waals surface area contributed by atoms with E-state index in [1.54, 1.807) is 18.4 Å². The molecule has 0 fully saturated rings. The molecular weight excluding hydrogens is 272 g/mol. The molecule has 2 aromatic rings. The summed E-state index contributed by atoms with van der Waals surface area (Å²) in [7, 11) is 1.64. The number of hydrogen-bond acceptors (Lipinski definition) is 4. The SMILES string of the molecule is COc1ccccc1CCC(=O)NCc1nc(C)cs1. The zero-order valence-corrected chi connectivity index (χ0v) is 12.5. The highest BCUT2D eigenvalue weighted by Crippen LogP contribution is 2.18. The van der Waals surface area contributed by atoms with Crippen LogP contribution in [0.4, 0.5) is 0 Å². The van der Waals surface area contributed by atoms with Gasteiger partial charge in [0.1, 0.15) is 10.8 Å². The van der Waals surface area contributed by atoms with Crippen LogP contribution in [0.5, 0.6) is 5.75 Å². The summed E-state index contributed by atoms with van der Waals surface area (Å²) < 4.78 is 5.27. The Kier molecular flexibility index (Phi) is 5.12. The third-order valence-corrected chi connectivity index (χ3v) is 3.88. The molecule has 1 aromatic carbocycles. The van der Waals surface area contributed by atoms with Crippen LogP contribution < -0.4 is 10.1 Å². The van der Waals surface area contributed by atoms with Crippen LogP contribution in [0.1, 0.15) is 22.7 Å². The predicted octanol–water partition coefficient (Wildman–Crippen LogP) is 2.71. The zero-order valence-electron chi connectivity index (χ0n) is 11.7. The summed E-state index contributed by atoms with van der Waals surface area (Å²) in [4.78, 5) is 16.1. The van der Waals surface area contributed by atoms with Gasteiger partial charge < -0.3 is 10.1 Å². The lowest BCUT2D eigenvalue weighted by Gasteiger charge is -2.08. The highest BCUT2D eigenvalue weighted by atomic mass is 32.1. The fourth-order valence-electron chi connectivity index (χ4n) is 1.90. The minimum absolute atomic E-state index is 0.0313. The molecule has 1 amide bonds. The second-order valence-corrected chi connectivity index (χ2v) is 5.41. The maximum absolute atomic E-state index is 11.8. The molecule has 5 heteroatoms. The monoisotopic (exact) mass is 290 g/mol. The van der Waals surface area contributed by atoms with Crippen molar-refractivity contribution in [2.24, 2.45) is 0 Å². The van der Waals surface area contributed by atoms with Crippen molar-refractivity contribution in [1.29, 1.82) is 0 Å². The van der Waals surface area contributed by atoms with Gasteiger partial charge in [-0.15, -0.1) is 11.3 Å². The number of nitrogens with zero attached hydrogens (tertiary/aromatic N) is 1. The Morgan fingerprint density at radius 2 is 2.20 bits per heavy atom. The minimum Gasteiger partial charge on any atom is -0.496 e. The standard InChI is InChI=1S/C15H18N2O2S/c1-11-10-20-15(17-11)9-16-14(18)8-7-12-5-3-4-6-13(12)19-2/h3-6,10H,7-9H2,1-2H3,(H,16,18). The molecule has 0 radical (unpaired) electrons. The van der Waals surface area contributed by atoms with Crippen LogP contribution in [0, 0.1) is 6.92 Å². The van der Waals surface area contributed by atoms with Gasteiger partial charge in [-0.3, -0.25) is 4.79 Å². The van der Waals surface area contributed by atoms with Gasteiger partial charge >= 0.3 is 0 Å². The van der Waals surface area contributed by atoms with Gasteiger partial charge in [0.05, 0.1) is 13.7 Å². The molecule has 1 N–H and O–H groups in total. The number of rotatable bonds is 6. The first-order valence-electron chi connectivity index (χ1n) is 6.48. The maximum Gasteiger partial charge on any atom is 0.220 e. The van der Waals surface area contributed by atoms with Crippen molar-refractivity contribution in [3.05, 3.63) is 45.9 Å². The molecular formula is C15H18N2O2S. The summed E-state index contributed by atoms with van der Waals surface area (Å²) >= 11 is 1.57. The average molecular weight is 290 g/mol. The number of hydrogen-bond donors (Lipinski definition) is 1. The van der Waals surface area contributed by atoms with Crippen LogP contribution in [0.2, 0.25) is 0 Å². The van der Waals surface area contributed by atoms with E-state index in [0.29, 0.717) is 19.4 Å². The predicted molar refractivity (Wildman–Crippen MR) is 80.0 cm³/mol. The maximum atomic E-state index is 11.8. The van der Waals surface area contributed by atoms with E-state index in [9.17, 15) is 4.79 Å². The Hall–Kier alpha value is -1.88. The quantitative estimate of drug-likeness (QED) is 0.890. The summed E-state index contributed by atoms with van der Waals surface area (Å²) in [6.07, 6.45) is 1.12. The van der Waals surface area contributed by atoms with Crippen molar-refractivity contribution >= 4 is 17.2 Å². The molecule has 0 saturated heterocycles. The lowest BCUT2D eigenvalue weighted by Crippen LogP contribution is -2.23. The van der Waals surface area contributed by atoms with E-state index in [2.05, 4.69) is 10.3 Å². The molecule has 0 aliphatic heterocycles. The average Bonchev–Trinajstić information content (AvgIpc) is 2.89. The lowest BCUT2D eigenvalue weighted by atomic mass is 10.1. The van der Waals surface area contributed by atoms with Crippen molar-refractivity contribution in [2.75, 3.05) is 7.11 Å². The smallest absolute Gasteiger partial charge is 0.220 e. The molecule has 0 unspecified atom stereocenters. The van der Waals surface area contributed by atoms with Crippen LogP contribution >= 0.6 is 11.3 Å². The molecule has 20 heavy (non-hydrogen) atoms. The van der Waals surface area contributed by atoms with Gasteiger partial charge in [0.15, 0.2) is 0 Å². The number of methoxy groups -OCH3 is 1.